The molecule has 0 aliphatic rings. The highest BCUT2D eigenvalue weighted by molar-refractivity contribution is 7.80. The van der Waals surface area contributed by atoms with Gasteiger partial charge in [0.25, 0.3) is 0 Å². The fourth-order valence-electron chi connectivity index (χ4n) is 2.57. The predicted octanol–water partition coefficient (Wildman–Crippen LogP) is -0.683. The van der Waals surface area contributed by atoms with Gasteiger partial charge in [0, 0.05) is 17.9 Å². The van der Waals surface area contributed by atoms with Crippen LogP contribution in [-0.2, 0) is 25.6 Å². The molecule has 0 aliphatic carbocycles. The maximum atomic E-state index is 12.6. The number of carbonyl (C=O) groups is 4. The van der Waals surface area contributed by atoms with Crippen LogP contribution in [-0.4, -0.2) is 69.6 Å². The van der Waals surface area contributed by atoms with E-state index in [1.165, 1.54) is 24.3 Å². The Hall–Kier alpha value is -2.44. The molecule has 0 saturated carbocycles. The number of phenols is 1. The van der Waals surface area contributed by atoms with Gasteiger partial charge in [-0.1, -0.05) is 26.0 Å². The Balaban J connectivity index is 2.79. The molecule has 3 amide bonds. The van der Waals surface area contributed by atoms with E-state index in [-0.39, 0.29) is 29.6 Å². The number of carbonyl (C=O) groups excluding carboxylic acids is 3. The Bertz CT molecular complexity index is 806. The number of carboxylic acid groups (broad SMARTS) is 1. The molecule has 1 aromatic carbocycles. The van der Waals surface area contributed by atoms with Gasteiger partial charge in [0.15, 0.2) is 0 Å². The highest BCUT2D eigenvalue weighted by Gasteiger charge is 2.29. The van der Waals surface area contributed by atoms with Crippen LogP contribution in [0.3, 0.4) is 0 Å². The SMILES string of the molecule is CC(C)C(N)C(=O)NC(CS)C(=O)NC(CS)C(=O)NC(Cc1ccc(O)cc1)C(=O)O. The number of carboxylic acids is 1. The van der Waals surface area contributed by atoms with Crippen LogP contribution in [0.4, 0.5) is 0 Å². The standard InChI is InChI=1S/C20H30N4O6S2/c1-10(2)16(21)19(28)24-15(9-32)18(27)23-14(8-31)17(26)22-13(20(29)30)7-11-3-5-12(25)6-4-11/h3-6,10,13-16,25,31-32H,7-9,21H2,1-2H3,(H,22,26)(H,23,27)(H,24,28)(H,29,30). The molecule has 4 atom stereocenters. The molecule has 0 radical (unpaired) electrons. The van der Waals surface area contributed by atoms with Crippen molar-refractivity contribution in [3.63, 3.8) is 0 Å². The summed E-state index contributed by atoms with van der Waals surface area (Å²) >= 11 is 8.13. The number of aliphatic carboxylic acids is 1. The number of nitrogens with two attached hydrogens (primary N) is 1. The van der Waals surface area contributed by atoms with E-state index in [4.69, 9.17) is 5.73 Å². The van der Waals surface area contributed by atoms with Crippen LogP contribution in [0, 0.1) is 5.92 Å². The molecule has 12 heteroatoms. The van der Waals surface area contributed by atoms with Crippen molar-refractivity contribution in [1.82, 2.24) is 16.0 Å². The van der Waals surface area contributed by atoms with Gasteiger partial charge in [0.1, 0.15) is 23.9 Å². The summed E-state index contributed by atoms with van der Waals surface area (Å²) in [5.74, 6) is -3.48. The van der Waals surface area contributed by atoms with Crippen LogP contribution >= 0.6 is 25.3 Å². The summed E-state index contributed by atoms with van der Waals surface area (Å²) in [6.45, 7) is 3.52. The van der Waals surface area contributed by atoms with Crippen molar-refractivity contribution < 1.29 is 29.4 Å². The maximum absolute atomic E-state index is 12.6. The Morgan fingerprint density at radius 3 is 1.72 bits per heavy atom. The molecule has 0 spiro atoms. The zero-order valence-corrected chi connectivity index (χ0v) is 19.6. The van der Waals surface area contributed by atoms with Crippen LogP contribution in [0.2, 0.25) is 0 Å². The number of nitrogens with one attached hydrogen (secondary N) is 3. The Labute approximate surface area is 197 Å². The van der Waals surface area contributed by atoms with Crippen LogP contribution in [0.1, 0.15) is 19.4 Å². The molecule has 1 aromatic rings. The van der Waals surface area contributed by atoms with Crippen LogP contribution < -0.4 is 21.7 Å². The van der Waals surface area contributed by atoms with E-state index < -0.39 is 47.9 Å². The molecule has 0 aromatic heterocycles. The van der Waals surface area contributed by atoms with Gasteiger partial charge in [-0.2, -0.15) is 25.3 Å². The third kappa shape index (κ3) is 8.60. The van der Waals surface area contributed by atoms with Crippen LogP contribution in [0.25, 0.3) is 0 Å². The monoisotopic (exact) mass is 486 g/mol. The predicted molar refractivity (Wildman–Crippen MR) is 126 cm³/mol. The third-order valence-electron chi connectivity index (χ3n) is 4.64. The van der Waals surface area contributed by atoms with Crippen LogP contribution in [0.5, 0.6) is 5.75 Å². The largest absolute Gasteiger partial charge is 0.508 e. The van der Waals surface area contributed by atoms with Crippen LogP contribution in [0.15, 0.2) is 24.3 Å². The number of aromatic hydroxyl groups is 1. The van der Waals surface area contributed by atoms with Crippen molar-refractivity contribution in [2.24, 2.45) is 11.7 Å². The first-order valence-corrected chi connectivity index (χ1v) is 11.2. The van der Waals surface area contributed by atoms with E-state index in [0.29, 0.717) is 5.56 Å². The van der Waals surface area contributed by atoms with Crippen molar-refractivity contribution in [3.05, 3.63) is 29.8 Å². The second-order valence-corrected chi connectivity index (χ2v) is 8.26. The lowest BCUT2D eigenvalue weighted by Gasteiger charge is -2.24. The topological polar surface area (TPSA) is 171 Å². The van der Waals surface area contributed by atoms with Crippen molar-refractivity contribution in [2.45, 2.75) is 44.4 Å². The molecule has 178 valence electrons. The zero-order valence-electron chi connectivity index (χ0n) is 17.8. The molecule has 0 fully saturated rings. The first-order valence-electron chi connectivity index (χ1n) is 9.89. The fourth-order valence-corrected chi connectivity index (χ4v) is 3.09. The summed E-state index contributed by atoms with van der Waals surface area (Å²) in [5.41, 5.74) is 6.36. The van der Waals surface area contributed by atoms with Crippen molar-refractivity contribution in [1.29, 1.82) is 0 Å². The molecule has 10 nitrogen and oxygen atoms in total. The van der Waals surface area contributed by atoms with Gasteiger partial charge in [0.05, 0.1) is 6.04 Å². The number of hydrogen-bond donors (Lipinski definition) is 8. The number of benzene rings is 1. The van der Waals surface area contributed by atoms with E-state index in [9.17, 15) is 29.4 Å². The normalized spacial score (nSPS) is 14.7. The van der Waals surface area contributed by atoms with Crippen molar-refractivity contribution >= 4 is 48.9 Å². The minimum atomic E-state index is -1.27. The van der Waals surface area contributed by atoms with E-state index in [1.54, 1.807) is 13.8 Å². The van der Waals surface area contributed by atoms with Gasteiger partial charge >= 0.3 is 5.97 Å². The molecule has 0 bridgehead atoms. The Morgan fingerprint density at radius 1 is 0.875 bits per heavy atom. The highest BCUT2D eigenvalue weighted by atomic mass is 32.1. The molecule has 4 unspecified atom stereocenters. The number of thiol groups is 2. The van der Waals surface area contributed by atoms with Crippen molar-refractivity contribution in [3.8, 4) is 5.75 Å². The molecule has 1 rings (SSSR count). The second kappa shape index (κ2) is 13.2. The minimum absolute atomic E-state index is 0.0303. The fraction of sp³-hybridized carbons (Fsp3) is 0.500. The molecule has 7 N–H and O–H groups in total. The lowest BCUT2D eigenvalue weighted by atomic mass is 10.0. The highest BCUT2D eigenvalue weighted by Crippen LogP contribution is 2.11. The van der Waals surface area contributed by atoms with Gasteiger partial charge in [-0.15, -0.1) is 0 Å². The average Bonchev–Trinajstić information content (AvgIpc) is 2.75. The minimum Gasteiger partial charge on any atom is -0.508 e. The van der Waals surface area contributed by atoms with Gasteiger partial charge < -0.3 is 31.9 Å². The van der Waals surface area contributed by atoms with Gasteiger partial charge in [-0.05, 0) is 23.6 Å². The molecule has 32 heavy (non-hydrogen) atoms. The number of amides is 3. The smallest absolute Gasteiger partial charge is 0.326 e. The zero-order chi connectivity index (χ0) is 24.4. The third-order valence-corrected chi connectivity index (χ3v) is 5.37. The first kappa shape index (κ1) is 27.6. The Morgan fingerprint density at radius 2 is 1.31 bits per heavy atom. The second-order valence-electron chi connectivity index (χ2n) is 7.53. The molecule has 0 saturated heterocycles. The summed E-state index contributed by atoms with van der Waals surface area (Å²) < 4.78 is 0. The lowest BCUT2D eigenvalue weighted by molar-refractivity contribution is -0.142. The lowest BCUT2D eigenvalue weighted by Crippen LogP contribution is -2.58. The average molecular weight is 487 g/mol. The van der Waals surface area contributed by atoms with Gasteiger partial charge in [0.2, 0.25) is 17.7 Å². The quantitative estimate of drug-likeness (QED) is 0.181. The van der Waals surface area contributed by atoms with E-state index in [2.05, 4.69) is 41.2 Å². The molecular formula is C20H30N4O6S2. The summed E-state index contributed by atoms with van der Waals surface area (Å²) in [6.07, 6.45) is -0.0307. The molecule has 0 aliphatic heterocycles. The van der Waals surface area contributed by atoms with Gasteiger partial charge in [-0.25, -0.2) is 4.79 Å². The van der Waals surface area contributed by atoms with E-state index in [1.807, 2.05) is 0 Å². The Kier molecular flexibility index (Phi) is 11.4. The maximum Gasteiger partial charge on any atom is 0.326 e. The number of phenolic OH excluding ortho intramolecular Hbond substituents is 1. The van der Waals surface area contributed by atoms with E-state index in [0.717, 1.165) is 0 Å². The first-order chi connectivity index (χ1) is 15.0. The summed E-state index contributed by atoms with van der Waals surface area (Å²) in [5, 5.41) is 26.1. The van der Waals surface area contributed by atoms with Crippen molar-refractivity contribution in [2.75, 3.05) is 11.5 Å². The molecule has 0 heterocycles. The van der Waals surface area contributed by atoms with Gasteiger partial charge in [-0.3, -0.25) is 14.4 Å². The summed E-state index contributed by atoms with van der Waals surface area (Å²) in [4.78, 5) is 48.9. The summed E-state index contributed by atoms with van der Waals surface area (Å²) in [7, 11) is 0. The summed E-state index contributed by atoms with van der Waals surface area (Å²) in [6, 6.07) is 1.62. The van der Waals surface area contributed by atoms with E-state index >= 15 is 0 Å². The number of rotatable bonds is 12. The molecular weight excluding hydrogens is 456 g/mol. The number of hydrogen-bond acceptors (Lipinski definition) is 8.